The van der Waals surface area contributed by atoms with Crippen LogP contribution in [0.5, 0.6) is 0 Å². The highest BCUT2D eigenvalue weighted by Gasteiger charge is 2.65. The van der Waals surface area contributed by atoms with Crippen molar-refractivity contribution in [3.8, 4) is 0 Å². The molecule has 1 aromatic heterocycles. The Morgan fingerprint density at radius 3 is 2.73 bits per heavy atom. The molecular weight excluding hydrogens is 467 g/mol. The van der Waals surface area contributed by atoms with Crippen LogP contribution in [0.1, 0.15) is 40.3 Å². The van der Waals surface area contributed by atoms with Gasteiger partial charge in [-0.25, -0.2) is 4.39 Å². The zero-order valence-electron chi connectivity index (χ0n) is 20.3. The number of hydrogen-bond acceptors (Lipinski definition) is 4. The Hall–Kier alpha value is -3.81. The molecule has 7 heteroatoms. The van der Waals surface area contributed by atoms with E-state index in [2.05, 4.69) is 69.0 Å². The number of anilines is 1. The number of morpholine rings is 1. The number of carbonyl (C=O) groups excluding carboxylic acids is 1. The minimum absolute atomic E-state index is 0.0261. The molecule has 7 rings (SSSR count). The van der Waals surface area contributed by atoms with Gasteiger partial charge in [-0.3, -0.25) is 14.8 Å². The second-order valence-electron chi connectivity index (χ2n) is 10.2. The van der Waals surface area contributed by atoms with Crippen LogP contribution < -0.4 is 5.32 Å². The van der Waals surface area contributed by atoms with E-state index in [1.165, 1.54) is 17.7 Å². The summed E-state index contributed by atoms with van der Waals surface area (Å²) >= 11 is 0. The fourth-order valence-electron chi connectivity index (χ4n) is 5.89. The smallest absolute Gasteiger partial charge is 0.235 e. The Balaban J connectivity index is 1.08. The number of hydrogen-bond donors (Lipinski definition) is 2. The second-order valence-corrected chi connectivity index (χ2v) is 10.2. The first-order valence-corrected chi connectivity index (χ1v) is 12.8. The van der Waals surface area contributed by atoms with Crippen molar-refractivity contribution in [3.05, 3.63) is 94.4 Å². The number of nitrogens with one attached hydrogen (secondary N) is 2. The van der Waals surface area contributed by atoms with Gasteiger partial charge in [0, 0.05) is 36.6 Å². The predicted molar refractivity (Wildman–Crippen MR) is 142 cm³/mol. The third kappa shape index (κ3) is 3.86. The SMILES string of the molecule is O=C1Nc2ccc(F)cc2[C@]12C[C@H]2c1ccc2c(C=Cc3ccc(CN4CCOCC4)cc3)n[nH]c2c1. The Morgan fingerprint density at radius 2 is 1.89 bits per heavy atom. The van der Waals surface area contributed by atoms with Crippen LogP contribution in [0.15, 0.2) is 60.7 Å². The number of nitrogens with zero attached hydrogens (tertiary/aromatic N) is 2. The normalized spacial score (nSPS) is 23.2. The predicted octanol–water partition coefficient (Wildman–Crippen LogP) is 5.08. The molecule has 1 aliphatic carbocycles. The van der Waals surface area contributed by atoms with Crippen LogP contribution in [0.2, 0.25) is 0 Å². The van der Waals surface area contributed by atoms with Gasteiger partial charge >= 0.3 is 0 Å². The van der Waals surface area contributed by atoms with Crippen LogP contribution in [0.25, 0.3) is 23.1 Å². The Kier molecular flexibility index (Phi) is 5.23. The lowest BCUT2D eigenvalue weighted by atomic mass is 9.91. The molecule has 2 fully saturated rings. The molecule has 2 N–H and O–H groups in total. The molecule has 0 unspecified atom stereocenters. The van der Waals surface area contributed by atoms with Gasteiger partial charge in [0.1, 0.15) is 5.82 Å². The molecule has 1 saturated heterocycles. The number of amides is 1. The summed E-state index contributed by atoms with van der Waals surface area (Å²) in [5.41, 5.74) is 6.11. The highest BCUT2D eigenvalue weighted by Crippen LogP contribution is 2.65. The molecular formula is C30H27FN4O2. The van der Waals surface area contributed by atoms with Gasteiger partial charge in [0.25, 0.3) is 0 Å². The quantitative estimate of drug-likeness (QED) is 0.406. The molecule has 6 nitrogen and oxygen atoms in total. The van der Waals surface area contributed by atoms with E-state index in [-0.39, 0.29) is 17.6 Å². The van der Waals surface area contributed by atoms with E-state index in [0.717, 1.165) is 71.8 Å². The van der Waals surface area contributed by atoms with Crippen molar-refractivity contribution in [2.24, 2.45) is 0 Å². The van der Waals surface area contributed by atoms with Gasteiger partial charge in [0.2, 0.25) is 5.91 Å². The molecule has 0 bridgehead atoms. The highest BCUT2D eigenvalue weighted by molar-refractivity contribution is 6.10. The average molecular weight is 495 g/mol. The van der Waals surface area contributed by atoms with E-state index in [9.17, 15) is 9.18 Å². The maximum Gasteiger partial charge on any atom is 0.235 e. The third-order valence-corrected chi connectivity index (χ3v) is 8.02. The average Bonchev–Trinajstić information content (AvgIpc) is 3.47. The van der Waals surface area contributed by atoms with Crippen LogP contribution in [0.3, 0.4) is 0 Å². The molecule has 3 aliphatic rings. The zero-order valence-corrected chi connectivity index (χ0v) is 20.3. The Bertz CT molecular complexity index is 1540. The first-order chi connectivity index (χ1) is 18.1. The molecule has 1 saturated carbocycles. The largest absolute Gasteiger partial charge is 0.379 e. The van der Waals surface area contributed by atoms with E-state index >= 15 is 0 Å². The lowest BCUT2D eigenvalue weighted by Gasteiger charge is -2.26. The van der Waals surface area contributed by atoms with E-state index in [1.807, 2.05) is 6.08 Å². The number of carbonyl (C=O) groups is 1. The lowest BCUT2D eigenvalue weighted by Crippen LogP contribution is -2.35. The second kappa shape index (κ2) is 8.64. The van der Waals surface area contributed by atoms with Crippen molar-refractivity contribution in [1.29, 1.82) is 0 Å². The van der Waals surface area contributed by atoms with Gasteiger partial charge in [-0.1, -0.05) is 42.5 Å². The highest BCUT2D eigenvalue weighted by atomic mass is 19.1. The van der Waals surface area contributed by atoms with Crippen LogP contribution in [0.4, 0.5) is 10.1 Å². The summed E-state index contributed by atoms with van der Waals surface area (Å²) < 4.78 is 19.4. The molecule has 3 aromatic carbocycles. The minimum atomic E-state index is -0.665. The van der Waals surface area contributed by atoms with E-state index in [0.29, 0.717) is 6.42 Å². The maximum atomic E-state index is 13.9. The Morgan fingerprint density at radius 1 is 1.05 bits per heavy atom. The summed E-state index contributed by atoms with van der Waals surface area (Å²) in [6.45, 7) is 4.53. The summed E-state index contributed by atoms with van der Waals surface area (Å²) in [6.07, 6.45) is 4.78. The van der Waals surface area contributed by atoms with Crippen LogP contribution in [0, 0.1) is 5.82 Å². The minimum Gasteiger partial charge on any atom is -0.379 e. The van der Waals surface area contributed by atoms with Gasteiger partial charge in [-0.2, -0.15) is 5.10 Å². The number of halogens is 1. The Labute approximate surface area is 214 Å². The molecule has 1 amide bonds. The summed E-state index contributed by atoms with van der Waals surface area (Å²) in [4.78, 5) is 15.3. The number of fused-ring (bicyclic) bond motifs is 3. The van der Waals surface area contributed by atoms with Crippen molar-refractivity contribution in [1.82, 2.24) is 15.1 Å². The van der Waals surface area contributed by atoms with Gasteiger partial charge < -0.3 is 10.1 Å². The molecule has 3 heterocycles. The van der Waals surface area contributed by atoms with Crippen molar-refractivity contribution < 1.29 is 13.9 Å². The van der Waals surface area contributed by atoms with Crippen molar-refractivity contribution >= 4 is 34.6 Å². The number of aromatic nitrogens is 2. The molecule has 1 spiro atoms. The van der Waals surface area contributed by atoms with Gasteiger partial charge in [0.15, 0.2) is 0 Å². The summed E-state index contributed by atoms with van der Waals surface area (Å²) in [5, 5.41) is 11.6. The van der Waals surface area contributed by atoms with Gasteiger partial charge in [-0.05, 0) is 59.0 Å². The maximum absolute atomic E-state index is 13.9. The number of benzene rings is 3. The number of rotatable bonds is 5. The van der Waals surface area contributed by atoms with E-state index in [4.69, 9.17) is 4.74 Å². The first kappa shape index (κ1) is 22.4. The lowest BCUT2D eigenvalue weighted by molar-refractivity contribution is -0.118. The first-order valence-electron chi connectivity index (χ1n) is 12.8. The van der Waals surface area contributed by atoms with Crippen LogP contribution >= 0.6 is 0 Å². The molecule has 186 valence electrons. The van der Waals surface area contributed by atoms with Crippen LogP contribution in [-0.2, 0) is 21.5 Å². The van der Waals surface area contributed by atoms with Crippen molar-refractivity contribution in [2.45, 2.75) is 24.3 Å². The fraction of sp³-hybridized carbons (Fsp3) is 0.267. The summed E-state index contributed by atoms with van der Waals surface area (Å²) in [7, 11) is 0. The molecule has 4 aromatic rings. The van der Waals surface area contributed by atoms with E-state index < -0.39 is 5.41 Å². The van der Waals surface area contributed by atoms with Crippen LogP contribution in [-0.4, -0.2) is 47.3 Å². The number of H-pyrrole nitrogens is 1. The monoisotopic (exact) mass is 494 g/mol. The number of aromatic amines is 1. The van der Waals surface area contributed by atoms with E-state index in [1.54, 1.807) is 6.07 Å². The standard InChI is InChI=1S/C30H27FN4O2/c31-22-7-10-27-24(16-22)30(29(36)32-27)17-25(30)21-6-8-23-26(33-34-28(23)15-21)9-5-19-1-3-20(4-2-19)18-35-11-13-37-14-12-35/h1-10,15-16,25H,11-14,17-18H2,(H,32,36)(H,33,34)/t25-,30-/m0/s1. The van der Waals surface area contributed by atoms with Gasteiger partial charge in [-0.15, -0.1) is 0 Å². The molecule has 37 heavy (non-hydrogen) atoms. The molecule has 2 atom stereocenters. The number of ether oxygens (including phenoxy) is 1. The third-order valence-electron chi connectivity index (χ3n) is 8.02. The van der Waals surface area contributed by atoms with Crippen molar-refractivity contribution in [3.63, 3.8) is 0 Å². The molecule has 0 radical (unpaired) electrons. The molecule has 2 aliphatic heterocycles. The fourth-order valence-corrected chi connectivity index (χ4v) is 5.89. The van der Waals surface area contributed by atoms with Crippen molar-refractivity contribution in [2.75, 3.05) is 31.6 Å². The summed E-state index contributed by atoms with van der Waals surface area (Å²) in [5.74, 6) is -0.326. The zero-order chi connectivity index (χ0) is 25.0. The topological polar surface area (TPSA) is 70.2 Å². The summed E-state index contributed by atoms with van der Waals surface area (Å²) in [6, 6.07) is 19.4. The van der Waals surface area contributed by atoms with Gasteiger partial charge in [0.05, 0.1) is 29.8 Å².